The minimum Gasteiger partial charge on any atom is -0.491 e. The van der Waals surface area contributed by atoms with E-state index in [0.717, 1.165) is 36.6 Å². The molecule has 0 radical (unpaired) electrons. The summed E-state index contributed by atoms with van der Waals surface area (Å²) in [5, 5.41) is 0. The van der Waals surface area contributed by atoms with Crippen molar-refractivity contribution >= 4 is 0 Å². The summed E-state index contributed by atoms with van der Waals surface area (Å²) in [5.74, 6) is 1.60. The van der Waals surface area contributed by atoms with Gasteiger partial charge in [0.2, 0.25) is 0 Å². The normalized spacial score (nSPS) is 12.1. The van der Waals surface area contributed by atoms with E-state index in [4.69, 9.17) is 9.47 Å². The molecule has 0 aliphatic heterocycles. The van der Waals surface area contributed by atoms with Crippen LogP contribution in [0.5, 0.6) is 5.75 Å². The number of rotatable bonds is 14. The van der Waals surface area contributed by atoms with Gasteiger partial charge in [0.05, 0.1) is 6.10 Å². The number of nitrogens with zero attached hydrogens (tertiary/aromatic N) is 2. The highest BCUT2D eigenvalue weighted by atomic mass is 16.5. The molecule has 28 heavy (non-hydrogen) atoms. The second-order valence-electron chi connectivity index (χ2n) is 7.45. The zero-order chi connectivity index (χ0) is 20.0. The lowest BCUT2D eigenvalue weighted by molar-refractivity contribution is 0.0327. The summed E-state index contributed by atoms with van der Waals surface area (Å²) in [6.45, 7) is 7.72. The van der Waals surface area contributed by atoms with Crippen molar-refractivity contribution < 1.29 is 9.47 Å². The van der Waals surface area contributed by atoms with Gasteiger partial charge in [-0.1, -0.05) is 46.0 Å². The van der Waals surface area contributed by atoms with Crippen LogP contribution in [0.4, 0.5) is 0 Å². The Kier molecular flexibility index (Phi) is 10.6. The fraction of sp³-hybridized carbons (Fsp3) is 0.583. The highest BCUT2D eigenvalue weighted by Gasteiger charge is 2.05. The van der Waals surface area contributed by atoms with Crippen LogP contribution in [0.2, 0.25) is 0 Å². The molecular formula is C24H36N2O2. The third kappa shape index (κ3) is 8.39. The van der Waals surface area contributed by atoms with Crippen LogP contribution in [-0.2, 0) is 11.2 Å². The first kappa shape index (κ1) is 22.4. The number of aromatic nitrogens is 2. The fourth-order valence-electron chi connectivity index (χ4n) is 3.02. The maximum absolute atomic E-state index is 5.79. The number of benzene rings is 1. The van der Waals surface area contributed by atoms with Gasteiger partial charge in [-0.25, -0.2) is 9.97 Å². The summed E-state index contributed by atoms with van der Waals surface area (Å²) < 4.78 is 11.4. The molecule has 4 nitrogen and oxygen atoms in total. The molecule has 1 aromatic heterocycles. The van der Waals surface area contributed by atoms with E-state index in [9.17, 15) is 0 Å². The van der Waals surface area contributed by atoms with Gasteiger partial charge in [0.25, 0.3) is 0 Å². The summed E-state index contributed by atoms with van der Waals surface area (Å²) in [7, 11) is 0. The van der Waals surface area contributed by atoms with E-state index in [1.54, 1.807) is 0 Å². The van der Waals surface area contributed by atoms with E-state index >= 15 is 0 Å². The fourth-order valence-corrected chi connectivity index (χ4v) is 3.02. The Morgan fingerprint density at radius 3 is 2.21 bits per heavy atom. The summed E-state index contributed by atoms with van der Waals surface area (Å²) in [6, 6.07) is 7.95. The number of aryl methyl sites for hydroxylation is 1. The highest BCUT2D eigenvalue weighted by Crippen LogP contribution is 2.20. The Morgan fingerprint density at radius 2 is 1.54 bits per heavy atom. The summed E-state index contributed by atoms with van der Waals surface area (Å²) in [5.41, 5.74) is 2.23. The molecule has 1 heterocycles. The number of ether oxygens (including phenoxy) is 2. The molecule has 0 amide bonds. The van der Waals surface area contributed by atoms with Crippen molar-refractivity contribution in [1.29, 1.82) is 0 Å². The number of hydrogen-bond acceptors (Lipinski definition) is 4. The molecule has 1 aromatic carbocycles. The van der Waals surface area contributed by atoms with Crippen molar-refractivity contribution in [3.63, 3.8) is 0 Å². The third-order valence-corrected chi connectivity index (χ3v) is 4.73. The summed E-state index contributed by atoms with van der Waals surface area (Å²) >= 11 is 0. The molecule has 0 saturated heterocycles. The number of hydrogen-bond donors (Lipinski definition) is 0. The van der Waals surface area contributed by atoms with Crippen LogP contribution in [0.1, 0.15) is 71.3 Å². The molecule has 0 spiro atoms. The first-order chi connectivity index (χ1) is 13.7. The molecule has 0 aliphatic carbocycles. The van der Waals surface area contributed by atoms with Crippen LogP contribution < -0.4 is 4.74 Å². The zero-order valence-corrected chi connectivity index (χ0v) is 17.8. The molecule has 4 heteroatoms. The third-order valence-electron chi connectivity index (χ3n) is 4.73. The molecule has 2 aromatic rings. The maximum Gasteiger partial charge on any atom is 0.159 e. The van der Waals surface area contributed by atoms with E-state index in [2.05, 4.69) is 23.8 Å². The number of unbranched alkanes of at least 4 members (excludes halogenated alkanes) is 5. The van der Waals surface area contributed by atoms with Gasteiger partial charge in [-0.05, 0) is 56.0 Å². The molecule has 1 unspecified atom stereocenters. The first-order valence-corrected chi connectivity index (χ1v) is 10.9. The van der Waals surface area contributed by atoms with Crippen LogP contribution >= 0.6 is 0 Å². The molecule has 154 valence electrons. The second kappa shape index (κ2) is 13.3. The standard InChI is InChI=1S/C24H36N2O2/c1-4-6-7-8-9-10-11-21-17-25-24(26-18-21)22-12-14-23(15-13-22)28-19-20(3)27-16-5-2/h12-15,17-18,20H,4-11,16,19H2,1-3H3. The van der Waals surface area contributed by atoms with E-state index in [0.29, 0.717) is 6.61 Å². The summed E-state index contributed by atoms with van der Waals surface area (Å²) in [6.07, 6.45) is 14.0. The average molecular weight is 385 g/mol. The summed E-state index contributed by atoms with van der Waals surface area (Å²) in [4.78, 5) is 9.09. The Morgan fingerprint density at radius 1 is 0.857 bits per heavy atom. The average Bonchev–Trinajstić information content (AvgIpc) is 2.74. The van der Waals surface area contributed by atoms with Crippen LogP contribution in [0.15, 0.2) is 36.7 Å². The SMILES string of the molecule is CCCCCCCCc1cnc(-c2ccc(OCC(C)OCCC)cc2)nc1. The van der Waals surface area contributed by atoms with Gasteiger partial charge >= 0.3 is 0 Å². The van der Waals surface area contributed by atoms with E-state index in [1.807, 2.05) is 43.6 Å². The van der Waals surface area contributed by atoms with E-state index in [1.165, 1.54) is 44.1 Å². The van der Waals surface area contributed by atoms with E-state index in [-0.39, 0.29) is 6.10 Å². The maximum atomic E-state index is 5.79. The smallest absolute Gasteiger partial charge is 0.159 e. The van der Waals surface area contributed by atoms with Crippen molar-refractivity contribution in [1.82, 2.24) is 9.97 Å². The predicted molar refractivity (Wildman–Crippen MR) is 116 cm³/mol. The van der Waals surface area contributed by atoms with Crippen molar-refractivity contribution in [2.45, 2.75) is 78.2 Å². The van der Waals surface area contributed by atoms with Gasteiger partial charge in [0.1, 0.15) is 12.4 Å². The molecule has 0 aliphatic rings. The Labute approximate surface area is 170 Å². The molecule has 0 bridgehead atoms. The molecular weight excluding hydrogens is 348 g/mol. The topological polar surface area (TPSA) is 44.2 Å². The van der Waals surface area contributed by atoms with Crippen LogP contribution in [-0.4, -0.2) is 29.3 Å². The lowest BCUT2D eigenvalue weighted by atomic mass is 10.1. The Bertz CT molecular complexity index is 641. The van der Waals surface area contributed by atoms with Gasteiger partial charge in [-0.3, -0.25) is 0 Å². The zero-order valence-electron chi connectivity index (χ0n) is 17.8. The van der Waals surface area contributed by atoms with Gasteiger partial charge in [0.15, 0.2) is 5.82 Å². The Hall–Kier alpha value is -1.94. The highest BCUT2D eigenvalue weighted by molar-refractivity contribution is 5.55. The van der Waals surface area contributed by atoms with Crippen LogP contribution in [0.25, 0.3) is 11.4 Å². The van der Waals surface area contributed by atoms with Gasteiger partial charge in [-0.2, -0.15) is 0 Å². The van der Waals surface area contributed by atoms with Gasteiger partial charge in [-0.15, -0.1) is 0 Å². The lowest BCUT2D eigenvalue weighted by Crippen LogP contribution is -2.18. The predicted octanol–water partition coefficient (Wildman–Crippen LogP) is 6.24. The molecule has 0 fully saturated rings. The molecule has 0 saturated carbocycles. The van der Waals surface area contributed by atoms with Crippen molar-refractivity contribution in [3.8, 4) is 17.1 Å². The van der Waals surface area contributed by atoms with Crippen LogP contribution in [0.3, 0.4) is 0 Å². The van der Waals surface area contributed by atoms with Crippen LogP contribution in [0, 0.1) is 0 Å². The van der Waals surface area contributed by atoms with Crippen molar-refractivity contribution in [2.24, 2.45) is 0 Å². The second-order valence-corrected chi connectivity index (χ2v) is 7.45. The molecule has 0 N–H and O–H groups in total. The molecule has 2 rings (SSSR count). The quantitative estimate of drug-likeness (QED) is 0.362. The lowest BCUT2D eigenvalue weighted by Gasteiger charge is -2.14. The minimum atomic E-state index is 0.0992. The van der Waals surface area contributed by atoms with E-state index < -0.39 is 0 Å². The van der Waals surface area contributed by atoms with Crippen molar-refractivity contribution in [2.75, 3.05) is 13.2 Å². The minimum absolute atomic E-state index is 0.0992. The Balaban J connectivity index is 1.77. The molecule has 1 atom stereocenters. The monoisotopic (exact) mass is 384 g/mol. The largest absolute Gasteiger partial charge is 0.491 e. The first-order valence-electron chi connectivity index (χ1n) is 10.9. The van der Waals surface area contributed by atoms with Gasteiger partial charge < -0.3 is 9.47 Å². The van der Waals surface area contributed by atoms with Gasteiger partial charge in [0, 0.05) is 24.6 Å². The van der Waals surface area contributed by atoms with Crippen molar-refractivity contribution in [3.05, 3.63) is 42.2 Å².